The van der Waals surface area contributed by atoms with Gasteiger partial charge < -0.3 is 9.30 Å². The van der Waals surface area contributed by atoms with Gasteiger partial charge in [0.2, 0.25) is 16.9 Å². The maximum atomic E-state index is 12.4. The maximum Gasteiger partial charge on any atom is 0.363 e. The number of rotatable bonds is 5. The molecular weight excluding hydrogens is 394 g/mol. The van der Waals surface area contributed by atoms with Crippen LogP contribution in [0.15, 0.2) is 41.2 Å². The van der Waals surface area contributed by atoms with Gasteiger partial charge in [-0.3, -0.25) is 9.59 Å². The molecule has 0 fully saturated rings. The number of benzene rings is 1. The maximum absolute atomic E-state index is 12.4. The number of ketones is 1. The zero-order chi connectivity index (χ0) is 21.3. The second kappa shape index (κ2) is 8.05. The molecule has 0 bridgehead atoms. The van der Waals surface area contributed by atoms with Gasteiger partial charge in [-0.25, -0.2) is 9.48 Å². The van der Waals surface area contributed by atoms with Crippen LogP contribution in [-0.4, -0.2) is 32.7 Å². The van der Waals surface area contributed by atoms with E-state index in [0.717, 1.165) is 11.4 Å². The predicted molar refractivity (Wildman–Crippen MR) is 109 cm³/mol. The van der Waals surface area contributed by atoms with Crippen LogP contribution in [-0.2, 0) is 11.8 Å². The van der Waals surface area contributed by atoms with E-state index in [9.17, 15) is 14.4 Å². The highest BCUT2D eigenvalue weighted by Gasteiger charge is 2.20. The first-order chi connectivity index (χ1) is 13.7. The van der Waals surface area contributed by atoms with Crippen LogP contribution in [0.25, 0.3) is 5.69 Å². The molecule has 0 saturated heterocycles. The van der Waals surface area contributed by atoms with E-state index in [4.69, 9.17) is 16.3 Å². The number of aromatic nitrogens is 3. The summed E-state index contributed by atoms with van der Waals surface area (Å²) >= 11 is 5.90. The third-order valence-electron chi connectivity index (χ3n) is 4.78. The molecule has 0 saturated carbocycles. The van der Waals surface area contributed by atoms with Crippen LogP contribution in [0.4, 0.5) is 0 Å². The second-order valence-electron chi connectivity index (χ2n) is 6.73. The number of carbonyl (C=O) groups excluding carboxylic acids is 2. The zero-order valence-corrected chi connectivity index (χ0v) is 17.3. The third-order valence-corrected chi connectivity index (χ3v) is 5.03. The van der Waals surface area contributed by atoms with Crippen molar-refractivity contribution < 1.29 is 14.3 Å². The number of carbonyl (C=O) groups is 2. The summed E-state index contributed by atoms with van der Waals surface area (Å²) in [6, 6.07) is 9.82. The molecule has 0 atom stereocenters. The summed E-state index contributed by atoms with van der Waals surface area (Å²) in [6.07, 6.45) is 0. The summed E-state index contributed by atoms with van der Waals surface area (Å²) in [5.74, 6) is -1.29. The smallest absolute Gasteiger partial charge is 0.363 e. The normalized spacial score (nSPS) is 10.8. The minimum Gasteiger partial charge on any atom is -0.452 e. The van der Waals surface area contributed by atoms with E-state index in [1.165, 1.54) is 10.7 Å². The Bertz CT molecular complexity index is 1160. The molecule has 0 aliphatic carbocycles. The predicted octanol–water partition coefficient (Wildman–Crippen LogP) is 3.19. The SMILES string of the molecule is Cc1cc(=O)c(C(=O)OCC(=O)c2cc(C)n(C)c2C)nn1-c1ccc(Cl)cc1. The molecule has 0 aliphatic heterocycles. The zero-order valence-electron chi connectivity index (χ0n) is 16.5. The van der Waals surface area contributed by atoms with Crippen molar-refractivity contribution in [3.8, 4) is 5.69 Å². The third kappa shape index (κ3) is 4.14. The van der Waals surface area contributed by atoms with E-state index in [-0.39, 0.29) is 11.5 Å². The van der Waals surface area contributed by atoms with Crippen LogP contribution >= 0.6 is 11.6 Å². The second-order valence-corrected chi connectivity index (χ2v) is 7.17. The van der Waals surface area contributed by atoms with E-state index in [1.807, 2.05) is 25.5 Å². The fourth-order valence-electron chi connectivity index (χ4n) is 2.95. The average Bonchev–Trinajstić information content (AvgIpc) is 2.94. The Morgan fingerprint density at radius 3 is 2.31 bits per heavy atom. The van der Waals surface area contributed by atoms with Gasteiger partial charge in [0.25, 0.3) is 0 Å². The van der Waals surface area contributed by atoms with Crippen LogP contribution in [0.1, 0.15) is 37.9 Å². The van der Waals surface area contributed by atoms with Crippen LogP contribution in [0, 0.1) is 20.8 Å². The monoisotopic (exact) mass is 413 g/mol. The molecule has 0 spiro atoms. The lowest BCUT2D eigenvalue weighted by atomic mass is 10.1. The molecule has 2 aromatic heterocycles. The van der Waals surface area contributed by atoms with E-state index in [2.05, 4.69) is 5.10 Å². The molecule has 8 heteroatoms. The van der Waals surface area contributed by atoms with Crippen molar-refractivity contribution in [3.63, 3.8) is 0 Å². The lowest BCUT2D eigenvalue weighted by Gasteiger charge is -2.11. The number of nitrogens with zero attached hydrogens (tertiary/aromatic N) is 3. The summed E-state index contributed by atoms with van der Waals surface area (Å²) in [5, 5.41) is 4.68. The largest absolute Gasteiger partial charge is 0.452 e. The van der Waals surface area contributed by atoms with Crippen molar-refractivity contribution in [2.75, 3.05) is 6.61 Å². The van der Waals surface area contributed by atoms with Gasteiger partial charge in [-0.2, -0.15) is 5.10 Å². The van der Waals surface area contributed by atoms with Gasteiger partial charge in [-0.1, -0.05) is 11.6 Å². The van der Waals surface area contributed by atoms with Gasteiger partial charge in [0, 0.05) is 40.8 Å². The van der Waals surface area contributed by atoms with E-state index < -0.39 is 18.0 Å². The lowest BCUT2D eigenvalue weighted by Crippen LogP contribution is -2.25. The Morgan fingerprint density at radius 2 is 1.72 bits per heavy atom. The fraction of sp³-hybridized carbons (Fsp3) is 0.238. The van der Waals surface area contributed by atoms with Crippen molar-refractivity contribution in [1.82, 2.24) is 14.3 Å². The van der Waals surface area contributed by atoms with Gasteiger partial charge in [0.1, 0.15) is 0 Å². The average molecular weight is 414 g/mol. The molecule has 0 N–H and O–H groups in total. The first-order valence-corrected chi connectivity index (χ1v) is 9.27. The summed E-state index contributed by atoms with van der Waals surface area (Å²) in [6.45, 7) is 4.92. The van der Waals surface area contributed by atoms with Gasteiger partial charge >= 0.3 is 5.97 Å². The van der Waals surface area contributed by atoms with Crippen molar-refractivity contribution in [1.29, 1.82) is 0 Å². The van der Waals surface area contributed by atoms with Crippen LogP contribution in [0.2, 0.25) is 5.02 Å². The molecule has 29 heavy (non-hydrogen) atoms. The number of Topliss-reactive ketones (excluding diaryl/α,β-unsaturated/α-hetero) is 1. The molecule has 0 radical (unpaired) electrons. The molecule has 0 unspecified atom stereocenters. The Kier molecular flexibility index (Phi) is 5.70. The van der Waals surface area contributed by atoms with Crippen molar-refractivity contribution in [2.45, 2.75) is 20.8 Å². The molecule has 1 aromatic carbocycles. The number of aryl methyl sites for hydroxylation is 2. The Hall–Kier alpha value is -3.19. The summed E-state index contributed by atoms with van der Waals surface area (Å²) < 4.78 is 8.41. The number of halogens is 1. The number of hydrogen-bond donors (Lipinski definition) is 0. The van der Waals surface area contributed by atoms with E-state index in [1.54, 1.807) is 37.3 Å². The first kappa shape index (κ1) is 20.5. The van der Waals surface area contributed by atoms with Crippen LogP contribution in [0.5, 0.6) is 0 Å². The molecule has 0 amide bonds. The Labute approximate surface area is 172 Å². The molecule has 3 aromatic rings. The molecule has 150 valence electrons. The van der Waals surface area contributed by atoms with Gasteiger partial charge in [-0.15, -0.1) is 0 Å². The number of esters is 1. The standard InChI is InChI=1S/C21H20ClN3O4/c1-12-9-17(14(3)24(12)4)19(27)11-29-21(28)20-18(26)10-13(2)25(23-20)16-7-5-15(22)6-8-16/h5-10H,11H2,1-4H3. The molecule has 3 rings (SSSR count). The van der Waals surface area contributed by atoms with Gasteiger partial charge in [-0.05, 0) is 51.1 Å². The van der Waals surface area contributed by atoms with Crippen molar-refractivity contribution in [3.05, 3.63) is 80.0 Å². The topological polar surface area (TPSA) is 83.2 Å². The highest BCUT2D eigenvalue weighted by Crippen LogP contribution is 2.15. The van der Waals surface area contributed by atoms with Gasteiger partial charge in [0.15, 0.2) is 6.61 Å². The highest BCUT2D eigenvalue weighted by atomic mass is 35.5. The molecule has 7 nitrogen and oxygen atoms in total. The summed E-state index contributed by atoms with van der Waals surface area (Å²) in [5.41, 5.74) is 2.39. The van der Waals surface area contributed by atoms with Crippen molar-refractivity contribution >= 4 is 23.4 Å². The van der Waals surface area contributed by atoms with Crippen LogP contribution in [0.3, 0.4) is 0 Å². The lowest BCUT2D eigenvalue weighted by molar-refractivity contribution is 0.0465. The summed E-state index contributed by atoms with van der Waals surface area (Å²) in [7, 11) is 1.85. The quantitative estimate of drug-likeness (QED) is 0.474. The van der Waals surface area contributed by atoms with E-state index in [0.29, 0.717) is 22.0 Å². The number of hydrogen-bond acceptors (Lipinski definition) is 5. The number of ether oxygens (including phenoxy) is 1. The molecular formula is C21H20ClN3O4. The van der Waals surface area contributed by atoms with E-state index >= 15 is 0 Å². The fourth-order valence-corrected chi connectivity index (χ4v) is 3.07. The minimum atomic E-state index is -0.948. The minimum absolute atomic E-state index is 0.343. The summed E-state index contributed by atoms with van der Waals surface area (Å²) in [4.78, 5) is 37.1. The Morgan fingerprint density at radius 1 is 1.07 bits per heavy atom. The van der Waals surface area contributed by atoms with Crippen LogP contribution < -0.4 is 5.43 Å². The first-order valence-electron chi connectivity index (χ1n) is 8.89. The Balaban J connectivity index is 1.82. The van der Waals surface area contributed by atoms with Crippen molar-refractivity contribution in [2.24, 2.45) is 7.05 Å². The van der Waals surface area contributed by atoms with Gasteiger partial charge in [0.05, 0.1) is 5.69 Å². The molecule has 0 aliphatic rings. The highest BCUT2D eigenvalue weighted by molar-refractivity contribution is 6.30. The molecule has 2 heterocycles.